The highest BCUT2D eigenvalue weighted by Gasteiger charge is 2.42. The van der Waals surface area contributed by atoms with Crippen molar-refractivity contribution < 1.29 is 4.79 Å². The van der Waals surface area contributed by atoms with Crippen LogP contribution in [0.4, 0.5) is 0 Å². The summed E-state index contributed by atoms with van der Waals surface area (Å²) in [5, 5.41) is 0. The molecule has 4 nitrogen and oxygen atoms in total. The summed E-state index contributed by atoms with van der Waals surface area (Å²) >= 11 is 0. The van der Waals surface area contributed by atoms with Crippen molar-refractivity contribution in [2.45, 2.75) is 56.4 Å². The number of benzene rings is 1. The summed E-state index contributed by atoms with van der Waals surface area (Å²) in [6.45, 7) is 5.04. The van der Waals surface area contributed by atoms with Crippen molar-refractivity contribution in [1.82, 2.24) is 15.8 Å². The summed E-state index contributed by atoms with van der Waals surface area (Å²) in [5.41, 5.74) is 9.58. The molecule has 1 amide bonds. The molecule has 4 heteroatoms. The predicted octanol–water partition coefficient (Wildman–Crippen LogP) is 2.31. The molecule has 3 aliphatic rings. The third kappa shape index (κ3) is 2.58. The van der Waals surface area contributed by atoms with Gasteiger partial charge >= 0.3 is 0 Å². The molecule has 23 heavy (non-hydrogen) atoms. The van der Waals surface area contributed by atoms with Gasteiger partial charge in [-0.25, -0.2) is 5.43 Å². The van der Waals surface area contributed by atoms with Gasteiger partial charge in [0.05, 0.1) is 0 Å². The van der Waals surface area contributed by atoms with Crippen molar-refractivity contribution in [3.63, 3.8) is 0 Å². The van der Waals surface area contributed by atoms with Gasteiger partial charge < -0.3 is 4.90 Å². The zero-order valence-electron chi connectivity index (χ0n) is 14.0. The van der Waals surface area contributed by atoms with Crippen molar-refractivity contribution >= 4 is 5.91 Å². The Morgan fingerprint density at radius 3 is 2.70 bits per heavy atom. The van der Waals surface area contributed by atoms with Gasteiger partial charge in [-0.3, -0.25) is 10.2 Å². The highest BCUT2D eigenvalue weighted by molar-refractivity contribution is 5.82. The number of hydrogen-bond donors (Lipinski definition) is 2. The Hall–Kier alpha value is -1.39. The normalized spacial score (nSPS) is 29.5. The number of carbonyl (C=O) groups is 1. The van der Waals surface area contributed by atoms with Crippen LogP contribution >= 0.6 is 0 Å². The maximum atomic E-state index is 12.6. The van der Waals surface area contributed by atoms with Gasteiger partial charge in [0, 0.05) is 19.6 Å². The fourth-order valence-corrected chi connectivity index (χ4v) is 4.76. The molecule has 0 radical (unpaired) electrons. The minimum atomic E-state index is -0.0253. The van der Waals surface area contributed by atoms with Gasteiger partial charge in [-0.15, -0.1) is 0 Å². The van der Waals surface area contributed by atoms with Crippen molar-refractivity contribution in [2.75, 3.05) is 19.6 Å². The highest BCUT2D eigenvalue weighted by atomic mass is 16.2. The lowest BCUT2D eigenvalue weighted by Gasteiger charge is -2.47. The molecule has 2 atom stereocenters. The number of fused-ring (bicyclic) bond motifs is 2. The molecule has 2 aliphatic heterocycles. The largest absolute Gasteiger partial charge is 0.341 e. The molecule has 0 bridgehead atoms. The number of carbonyl (C=O) groups excluding carboxylic acids is 1. The van der Waals surface area contributed by atoms with Crippen LogP contribution < -0.4 is 10.9 Å². The van der Waals surface area contributed by atoms with E-state index in [2.05, 4.69) is 46.9 Å². The summed E-state index contributed by atoms with van der Waals surface area (Å²) < 4.78 is 0. The number of piperidine rings is 1. The van der Waals surface area contributed by atoms with Gasteiger partial charge in [-0.2, -0.15) is 0 Å². The van der Waals surface area contributed by atoms with Gasteiger partial charge in [0.15, 0.2) is 0 Å². The molecule has 1 aromatic rings. The van der Waals surface area contributed by atoms with Crippen molar-refractivity contribution in [3.8, 4) is 0 Å². The topological polar surface area (TPSA) is 44.4 Å². The number of amides is 1. The fourth-order valence-electron chi connectivity index (χ4n) is 4.76. The van der Waals surface area contributed by atoms with E-state index >= 15 is 0 Å². The predicted molar refractivity (Wildman–Crippen MR) is 91.1 cm³/mol. The molecule has 0 aromatic heterocycles. The van der Waals surface area contributed by atoms with Gasteiger partial charge in [0.25, 0.3) is 0 Å². The molecule has 1 aromatic carbocycles. The van der Waals surface area contributed by atoms with Crippen LogP contribution in [-0.2, 0) is 10.2 Å². The summed E-state index contributed by atoms with van der Waals surface area (Å²) in [6.07, 6.45) is 5.68. The minimum absolute atomic E-state index is 0.0253. The zero-order valence-corrected chi connectivity index (χ0v) is 14.0. The Balaban J connectivity index is 1.51. The maximum absolute atomic E-state index is 12.6. The van der Waals surface area contributed by atoms with E-state index in [1.807, 2.05) is 0 Å². The maximum Gasteiger partial charge on any atom is 0.241 e. The van der Waals surface area contributed by atoms with E-state index in [0.29, 0.717) is 11.3 Å². The van der Waals surface area contributed by atoms with E-state index in [-0.39, 0.29) is 11.9 Å². The Bertz CT molecular complexity index is 586. The van der Waals surface area contributed by atoms with E-state index in [0.717, 1.165) is 38.9 Å². The summed E-state index contributed by atoms with van der Waals surface area (Å²) in [4.78, 5) is 14.7. The van der Waals surface area contributed by atoms with Gasteiger partial charge in [0.1, 0.15) is 6.04 Å². The number of likely N-dealkylation sites (tertiary alicyclic amines) is 1. The summed E-state index contributed by atoms with van der Waals surface area (Å²) in [5.74, 6) is 0.951. The van der Waals surface area contributed by atoms with Crippen molar-refractivity contribution in [2.24, 2.45) is 0 Å². The zero-order chi connectivity index (χ0) is 15.9. The van der Waals surface area contributed by atoms with Crippen LogP contribution in [0.5, 0.6) is 0 Å². The van der Waals surface area contributed by atoms with Crippen LogP contribution in [0.1, 0.15) is 56.1 Å². The lowest BCUT2D eigenvalue weighted by Crippen LogP contribution is -2.51. The number of rotatable bonds is 1. The SMILES string of the molecule is CC1CCC2(CCN(C(=O)C3CCNN3)CC2)c2ccccc21. The first-order chi connectivity index (χ1) is 11.2. The molecule has 0 saturated carbocycles. The Kier molecular flexibility index (Phi) is 3.90. The molecule has 4 rings (SSSR count). The second-order valence-electron chi connectivity index (χ2n) is 7.54. The summed E-state index contributed by atoms with van der Waals surface area (Å²) in [6, 6.07) is 8.98. The highest BCUT2D eigenvalue weighted by Crippen LogP contribution is 2.48. The quantitative estimate of drug-likeness (QED) is 0.836. The van der Waals surface area contributed by atoms with Crippen LogP contribution in [0.25, 0.3) is 0 Å². The third-order valence-electron chi connectivity index (χ3n) is 6.28. The third-order valence-corrected chi connectivity index (χ3v) is 6.28. The summed E-state index contributed by atoms with van der Waals surface area (Å²) in [7, 11) is 0. The molecule has 2 unspecified atom stereocenters. The van der Waals surface area contributed by atoms with Crippen molar-refractivity contribution in [1.29, 1.82) is 0 Å². The fraction of sp³-hybridized carbons (Fsp3) is 0.632. The lowest BCUT2D eigenvalue weighted by molar-refractivity contribution is -0.134. The molecule has 2 saturated heterocycles. The van der Waals surface area contributed by atoms with Crippen molar-refractivity contribution in [3.05, 3.63) is 35.4 Å². The number of nitrogens with zero attached hydrogens (tertiary/aromatic N) is 1. The standard InChI is InChI=1S/C19H27N3O/c1-14-6-8-19(16-5-3-2-4-15(14)16)9-12-22(13-10-19)18(23)17-7-11-20-21-17/h2-5,14,17,20-21H,6-13H2,1H3. The van der Waals surface area contributed by atoms with Crippen LogP contribution in [0, 0.1) is 0 Å². The van der Waals surface area contributed by atoms with Crippen LogP contribution in [0.2, 0.25) is 0 Å². The first-order valence-corrected chi connectivity index (χ1v) is 9.06. The molecule has 2 heterocycles. The van der Waals surface area contributed by atoms with E-state index < -0.39 is 0 Å². The first kappa shape index (κ1) is 15.2. The van der Waals surface area contributed by atoms with E-state index in [9.17, 15) is 4.79 Å². The Labute approximate surface area is 138 Å². The molecule has 1 aliphatic carbocycles. The number of nitrogens with one attached hydrogen (secondary N) is 2. The first-order valence-electron chi connectivity index (χ1n) is 9.06. The second kappa shape index (κ2) is 5.91. The Morgan fingerprint density at radius 1 is 1.17 bits per heavy atom. The smallest absolute Gasteiger partial charge is 0.241 e. The number of hydrazine groups is 1. The van der Waals surface area contributed by atoms with Gasteiger partial charge in [-0.05, 0) is 54.6 Å². The minimum Gasteiger partial charge on any atom is -0.341 e. The Morgan fingerprint density at radius 2 is 1.96 bits per heavy atom. The molecular weight excluding hydrogens is 286 g/mol. The van der Waals surface area contributed by atoms with Crippen LogP contribution in [0.15, 0.2) is 24.3 Å². The molecular formula is C19H27N3O. The lowest BCUT2D eigenvalue weighted by atomic mass is 9.62. The van der Waals surface area contributed by atoms with Gasteiger partial charge in [0.2, 0.25) is 5.91 Å². The van der Waals surface area contributed by atoms with E-state index in [4.69, 9.17) is 0 Å². The average molecular weight is 313 g/mol. The van der Waals surface area contributed by atoms with Crippen LogP contribution in [-0.4, -0.2) is 36.5 Å². The molecule has 2 N–H and O–H groups in total. The molecule has 124 valence electrons. The van der Waals surface area contributed by atoms with Crippen LogP contribution in [0.3, 0.4) is 0 Å². The molecule has 1 spiro atoms. The van der Waals surface area contributed by atoms with E-state index in [1.165, 1.54) is 12.8 Å². The number of hydrogen-bond acceptors (Lipinski definition) is 3. The van der Waals surface area contributed by atoms with Gasteiger partial charge in [-0.1, -0.05) is 31.2 Å². The molecule has 2 fully saturated rings. The monoisotopic (exact) mass is 313 g/mol. The van der Waals surface area contributed by atoms with E-state index in [1.54, 1.807) is 11.1 Å². The second-order valence-corrected chi connectivity index (χ2v) is 7.54. The average Bonchev–Trinajstić information content (AvgIpc) is 3.13.